The Kier molecular flexibility index (Phi) is 8.75. The first-order valence-corrected chi connectivity index (χ1v) is 5.89. The lowest BCUT2D eigenvalue weighted by molar-refractivity contribution is 0.0918. The molecule has 0 unspecified atom stereocenters. The van der Waals surface area contributed by atoms with E-state index >= 15 is 0 Å². The molecule has 1 fully saturated rings. The summed E-state index contributed by atoms with van der Waals surface area (Å²) >= 11 is 0. The highest BCUT2D eigenvalue weighted by Crippen LogP contribution is 2.03. The minimum atomic E-state index is -0.185. The van der Waals surface area contributed by atoms with Crippen molar-refractivity contribution in [3.8, 4) is 0 Å². The average molecular weight is 311 g/mol. The average Bonchev–Trinajstić information content (AvgIpc) is 2.77. The van der Waals surface area contributed by atoms with E-state index in [0.717, 1.165) is 32.7 Å². The third kappa shape index (κ3) is 5.36. The fourth-order valence-electron chi connectivity index (χ4n) is 1.86. The molecule has 0 aliphatic carbocycles. The molecule has 1 aliphatic rings. The number of amides is 1. The summed E-state index contributed by atoms with van der Waals surface area (Å²) in [4.78, 5) is 17.9. The van der Waals surface area contributed by atoms with Crippen LogP contribution in [0.15, 0.2) is 10.8 Å². The van der Waals surface area contributed by atoms with Crippen LogP contribution in [-0.4, -0.2) is 55.1 Å². The minimum absolute atomic E-state index is 0. The largest absolute Gasteiger partial charge is 0.438 e. The van der Waals surface area contributed by atoms with Crippen molar-refractivity contribution in [3.05, 3.63) is 17.8 Å². The van der Waals surface area contributed by atoms with E-state index in [1.165, 1.54) is 6.39 Å². The summed E-state index contributed by atoms with van der Waals surface area (Å²) in [6, 6.07) is 0. The topological polar surface area (TPSA) is 70.4 Å². The molecule has 1 amide bonds. The van der Waals surface area contributed by atoms with Crippen molar-refractivity contribution in [3.63, 3.8) is 0 Å². The lowest BCUT2D eigenvalue weighted by Gasteiger charge is -2.26. The molecule has 0 saturated carbocycles. The number of rotatable bonds is 4. The zero-order valence-corrected chi connectivity index (χ0v) is 12.5. The predicted molar refractivity (Wildman–Crippen MR) is 77.4 cm³/mol. The van der Waals surface area contributed by atoms with Crippen molar-refractivity contribution in [2.75, 3.05) is 39.3 Å². The summed E-state index contributed by atoms with van der Waals surface area (Å²) in [7, 11) is 0. The number of piperazine rings is 1. The van der Waals surface area contributed by atoms with Gasteiger partial charge in [-0.05, 0) is 6.92 Å². The van der Waals surface area contributed by atoms with E-state index in [1.54, 1.807) is 6.92 Å². The number of hydrogen-bond donors (Lipinski definition) is 2. The highest BCUT2D eigenvalue weighted by molar-refractivity contribution is 5.92. The van der Waals surface area contributed by atoms with Gasteiger partial charge in [0.05, 0.1) is 5.69 Å². The van der Waals surface area contributed by atoms with E-state index in [4.69, 9.17) is 4.42 Å². The van der Waals surface area contributed by atoms with E-state index < -0.39 is 0 Å². The molecule has 0 spiro atoms. The number of aromatic nitrogens is 1. The van der Waals surface area contributed by atoms with Gasteiger partial charge < -0.3 is 15.1 Å². The molecule has 1 saturated heterocycles. The SMILES string of the molecule is Cc1ncoc1C(=O)NCCN1CCNCC1.Cl.Cl. The summed E-state index contributed by atoms with van der Waals surface area (Å²) in [5.41, 5.74) is 0.629. The maximum Gasteiger partial charge on any atom is 0.289 e. The Bertz CT molecular complexity index is 381. The Hall–Kier alpha value is -0.820. The molecule has 19 heavy (non-hydrogen) atoms. The predicted octanol–water partition coefficient (Wildman–Crippen LogP) is 0.462. The van der Waals surface area contributed by atoms with Crippen LogP contribution in [0, 0.1) is 6.92 Å². The Morgan fingerprint density at radius 2 is 2.16 bits per heavy atom. The second-order valence-electron chi connectivity index (χ2n) is 4.11. The molecule has 0 atom stereocenters. The Labute approximate surface area is 125 Å². The number of nitrogens with zero attached hydrogens (tertiary/aromatic N) is 2. The van der Waals surface area contributed by atoms with Gasteiger partial charge in [-0.1, -0.05) is 0 Å². The smallest absolute Gasteiger partial charge is 0.289 e. The Balaban J connectivity index is 0.00000162. The number of aryl methyl sites for hydroxylation is 1. The first-order valence-electron chi connectivity index (χ1n) is 5.89. The van der Waals surface area contributed by atoms with Crippen LogP contribution in [0.25, 0.3) is 0 Å². The second-order valence-corrected chi connectivity index (χ2v) is 4.11. The number of carbonyl (C=O) groups is 1. The van der Waals surface area contributed by atoms with Crippen LogP contribution in [-0.2, 0) is 0 Å². The zero-order chi connectivity index (χ0) is 12.1. The van der Waals surface area contributed by atoms with E-state index in [1.807, 2.05) is 0 Å². The first-order chi connectivity index (χ1) is 8.27. The summed E-state index contributed by atoms with van der Waals surface area (Å²) in [5, 5.41) is 6.13. The molecular formula is C11H20Cl2N4O2. The lowest BCUT2D eigenvalue weighted by Crippen LogP contribution is -2.46. The van der Waals surface area contributed by atoms with Gasteiger partial charge in [0.1, 0.15) is 0 Å². The molecule has 6 nitrogen and oxygen atoms in total. The highest BCUT2D eigenvalue weighted by atomic mass is 35.5. The van der Waals surface area contributed by atoms with Crippen molar-refractivity contribution in [2.24, 2.45) is 0 Å². The molecule has 1 aromatic heterocycles. The third-order valence-corrected chi connectivity index (χ3v) is 2.87. The van der Waals surface area contributed by atoms with Gasteiger partial charge in [-0.25, -0.2) is 4.98 Å². The molecular weight excluding hydrogens is 291 g/mol. The molecule has 8 heteroatoms. The van der Waals surface area contributed by atoms with Gasteiger partial charge in [0, 0.05) is 39.3 Å². The van der Waals surface area contributed by atoms with E-state index in [2.05, 4.69) is 20.5 Å². The highest BCUT2D eigenvalue weighted by Gasteiger charge is 2.14. The van der Waals surface area contributed by atoms with Gasteiger partial charge in [0.15, 0.2) is 6.39 Å². The molecule has 2 N–H and O–H groups in total. The number of nitrogens with one attached hydrogen (secondary N) is 2. The minimum Gasteiger partial charge on any atom is -0.438 e. The van der Waals surface area contributed by atoms with Gasteiger partial charge >= 0.3 is 0 Å². The van der Waals surface area contributed by atoms with Crippen molar-refractivity contribution >= 4 is 30.7 Å². The van der Waals surface area contributed by atoms with Crippen molar-refractivity contribution < 1.29 is 9.21 Å². The van der Waals surface area contributed by atoms with Crippen molar-refractivity contribution in [1.29, 1.82) is 0 Å². The lowest BCUT2D eigenvalue weighted by atomic mass is 10.3. The first kappa shape index (κ1) is 18.2. The van der Waals surface area contributed by atoms with Crippen LogP contribution in [0.2, 0.25) is 0 Å². The van der Waals surface area contributed by atoms with Gasteiger partial charge in [-0.3, -0.25) is 9.69 Å². The standard InChI is InChI=1S/C11H18N4O2.2ClH/c1-9-10(17-8-14-9)11(16)13-4-7-15-5-2-12-3-6-15;;/h8,12H,2-7H2,1H3,(H,13,16);2*1H. The fourth-order valence-corrected chi connectivity index (χ4v) is 1.86. The van der Waals surface area contributed by atoms with E-state index in [9.17, 15) is 4.79 Å². The van der Waals surface area contributed by atoms with Crippen LogP contribution in [0.3, 0.4) is 0 Å². The number of oxazole rings is 1. The van der Waals surface area contributed by atoms with Gasteiger partial charge in [-0.2, -0.15) is 0 Å². The summed E-state index contributed by atoms with van der Waals surface area (Å²) in [6.45, 7) is 7.40. The molecule has 110 valence electrons. The van der Waals surface area contributed by atoms with Crippen LogP contribution in [0.5, 0.6) is 0 Å². The monoisotopic (exact) mass is 310 g/mol. The summed E-state index contributed by atoms with van der Waals surface area (Å²) in [6.07, 6.45) is 1.29. The maximum atomic E-state index is 11.7. The molecule has 1 aromatic rings. The molecule has 2 heterocycles. The molecule has 2 rings (SSSR count). The Morgan fingerprint density at radius 3 is 2.74 bits per heavy atom. The van der Waals surface area contributed by atoms with E-state index in [-0.39, 0.29) is 30.7 Å². The van der Waals surface area contributed by atoms with E-state index in [0.29, 0.717) is 18.0 Å². The zero-order valence-electron chi connectivity index (χ0n) is 10.8. The Morgan fingerprint density at radius 1 is 1.47 bits per heavy atom. The van der Waals surface area contributed by atoms with Gasteiger partial charge in [0.2, 0.25) is 5.76 Å². The fraction of sp³-hybridized carbons (Fsp3) is 0.636. The number of hydrogen-bond acceptors (Lipinski definition) is 5. The van der Waals surface area contributed by atoms with Crippen LogP contribution < -0.4 is 10.6 Å². The molecule has 0 aromatic carbocycles. The molecule has 0 bridgehead atoms. The second kappa shape index (κ2) is 9.14. The van der Waals surface area contributed by atoms with Gasteiger partial charge in [-0.15, -0.1) is 24.8 Å². The van der Waals surface area contributed by atoms with Crippen molar-refractivity contribution in [1.82, 2.24) is 20.5 Å². The number of halogens is 2. The number of carbonyl (C=O) groups excluding carboxylic acids is 1. The van der Waals surface area contributed by atoms with Crippen molar-refractivity contribution in [2.45, 2.75) is 6.92 Å². The summed E-state index contributed by atoms with van der Waals surface area (Å²) < 4.78 is 5.02. The van der Waals surface area contributed by atoms with Gasteiger partial charge in [0.25, 0.3) is 5.91 Å². The maximum absolute atomic E-state index is 11.7. The third-order valence-electron chi connectivity index (χ3n) is 2.87. The van der Waals surface area contributed by atoms with Crippen LogP contribution in [0.1, 0.15) is 16.2 Å². The quantitative estimate of drug-likeness (QED) is 0.845. The normalized spacial score (nSPS) is 15.2. The molecule has 1 aliphatic heterocycles. The van der Waals surface area contributed by atoms with Crippen LogP contribution >= 0.6 is 24.8 Å². The molecule has 0 radical (unpaired) electrons. The van der Waals surface area contributed by atoms with Crippen LogP contribution in [0.4, 0.5) is 0 Å². The summed E-state index contributed by atoms with van der Waals surface area (Å²) in [5.74, 6) is 0.125.